The van der Waals surface area contributed by atoms with Crippen LogP contribution in [-0.4, -0.2) is 16.2 Å². The number of aliphatic hydroxyl groups is 1. The molecule has 1 N–H and O–H groups in total. The molecule has 1 heterocycles. The van der Waals surface area contributed by atoms with Crippen molar-refractivity contribution in [2.24, 2.45) is 0 Å². The molecule has 0 saturated carbocycles. The monoisotopic (exact) mass is 185 g/mol. The van der Waals surface area contributed by atoms with Gasteiger partial charge in [-0.15, -0.1) is 0 Å². The molecule has 0 atom stereocenters. The molecular formula is C9H12FNO2. The Kier molecular flexibility index (Phi) is 3.19. The topological polar surface area (TPSA) is 42.4 Å². The van der Waals surface area contributed by atoms with E-state index in [4.69, 9.17) is 9.84 Å². The minimum Gasteiger partial charge on any atom is -0.473 e. The van der Waals surface area contributed by atoms with Gasteiger partial charge in [-0.25, -0.2) is 9.37 Å². The molecule has 0 radical (unpaired) electrons. The van der Waals surface area contributed by atoms with Gasteiger partial charge in [-0.05, 0) is 19.9 Å². The molecule has 0 aliphatic carbocycles. The zero-order valence-corrected chi connectivity index (χ0v) is 7.62. The second-order valence-corrected chi connectivity index (χ2v) is 2.91. The zero-order valence-electron chi connectivity index (χ0n) is 7.62. The Morgan fingerprint density at radius 3 is 2.85 bits per heavy atom. The lowest BCUT2D eigenvalue weighted by Crippen LogP contribution is -2.09. The summed E-state index contributed by atoms with van der Waals surface area (Å²) in [5.74, 6) is -0.639. The average Bonchev–Trinajstić information content (AvgIpc) is 2.08. The van der Waals surface area contributed by atoms with E-state index in [2.05, 4.69) is 4.98 Å². The summed E-state index contributed by atoms with van der Waals surface area (Å²) >= 11 is 0. The van der Waals surface area contributed by atoms with Crippen LogP contribution in [0.3, 0.4) is 0 Å². The molecule has 0 aliphatic rings. The van der Waals surface area contributed by atoms with Crippen molar-refractivity contribution in [3.63, 3.8) is 0 Å². The molecule has 4 heteroatoms. The van der Waals surface area contributed by atoms with Gasteiger partial charge in [0.1, 0.15) is 0 Å². The maximum Gasteiger partial charge on any atom is 0.251 e. The summed E-state index contributed by atoms with van der Waals surface area (Å²) in [6.45, 7) is 3.22. The van der Waals surface area contributed by atoms with Crippen LogP contribution < -0.4 is 4.74 Å². The lowest BCUT2D eigenvalue weighted by atomic mass is 10.2. The standard InChI is InChI=1S/C9H12FNO2/c1-6(2)13-9-8(10)7(5-12)3-4-11-9/h3-4,6,12H,5H2,1-2H3. The minimum absolute atomic E-state index is 0.0541. The third-order valence-corrected chi connectivity index (χ3v) is 1.45. The fourth-order valence-electron chi connectivity index (χ4n) is 0.890. The first-order chi connectivity index (χ1) is 6.15. The first kappa shape index (κ1) is 9.92. The van der Waals surface area contributed by atoms with Crippen LogP contribution in [-0.2, 0) is 6.61 Å². The highest BCUT2D eigenvalue weighted by Crippen LogP contribution is 2.18. The largest absolute Gasteiger partial charge is 0.473 e. The molecule has 0 bridgehead atoms. The van der Waals surface area contributed by atoms with Gasteiger partial charge in [-0.2, -0.15) is 0 Å². The maximum absolute atomic E-state index is 13.3. The average molecular weight is 185 g/mol. The summed E-state index contributed by atoms with van der Waals surface area (Å²) < 4.78 is 18.4. The fraction of sp³-hybridized carbons (Fsp3) is 0.444. The molecule has 0 unspecified atom stereocenters. The Labute approximate surface area is 76.2 Å². The smallest absolute Gasteiger partial charge is 0.251 e. The van der Waals surface area contributed by atoms with E-state index >= 15 is 0 Å². The predicted molar refractivity (Wildman–Crippen MR) is 45.9 cm³/mol. The first-order valence-corrected chi connectivity index (χ1v) is 4.06. The van der Waals surface area contributed by atoms with Gasteiger partial charge < -0.3 is 9.84 Å². The predicted octanol–water partition coefficient (Wildman–Crippen LogP) is 1.50. The van der Waals surface area contributed by atoms with Gasteiger partial charge in [0, 0.05) is 11.8 Å². The number of hydrogen-bond acceptors (Lipinski definition) is 3. The highest BCUT2D eigenvalue weighted by molar-refractivity contribution is 5.22. The zero-order chi connectivity index (χ0) is 9.84. The van der Waals surface area contributed by atoms with Crippen molar-refractivity contribution in [2.75, 3.05) is 0 Å². The van der Waals surface area contributed by atoms with Gasteiger partial charge >= 0.3 is 0 Å². The fourth-order valence-corrected chi connectivity index (χ4v) is 0.890. The molecule has 0 saturated heterocycles. The van der Waals surface area contributed by atoms with Gasteiger partial charge in [0.15, 0.2) is 5.82 Å². The molecule has 0 fully saturated rings. The van der Waals surface area contributed by atoms with Crippen molar-refractivity contribution in [3.05, 3.63) is 23.6 Å². The number of pyridine rings is 1. The summed E-state index contributed by atoms with van der Waals surface area (Å²) in [5, 5.41) is 8.75. The summed E-state index contributed by atoms with van der Waals surface area (Å²) in [6, 6.07) is 1.42. The Morgan fingerprint density at radius 1 is 1.62 bits per heavy atom. The summed E-state index contributed by atoms with van der Waals surface area (Å²) in [6.07, 6.45) is 1.28. The Bertz CT molecular complexity index is 289. The Hall–Kier alpha value is -1.16. The van der Waals surface area contributed by atoms with E-state index in [1.807, 2.05) is 0 Å². The molecule has 1 rings (SSSR count). The van der Waals surface area contributed by atoms with Crippen molar-refractivity contribution >= 4 is 0 Å². The molecule has 72 valence electrons. The van der Waals surface area contributed by atoms with E-state index in [0.29, 0.717) is 0 Å². The van der Waals surface area contributed by atoms with Gasteiger partial charge in [-0.1, -0.05) is 0 Å². The minimum atomic E-state index is -0.585. The SMILES string of the molecule is CC(C)Oc1nccc(CO)c1F. The molecule has 13 heavy (non-hydrogen) atoms. The van der Waals surface area contributed by atoms with E-state index in [-0.39, 0.29) is 24.2 Å². The Morgan fingerprint density at radius 2 is 2.31 bits per heavy atom. The molecular weight excluding hydrogens is 173 g/mol. The molecule has 0 aliphatic heterocycles. The van der Waals surface area contributed by atoms with Crippen LogP contribution in [0.2, 0.25) is 0 Å². The van der Waals surface area contributed by atoms with Crippen molar-refractivity contribution in [1.82, 2.24) is 4.98 Å². The number of aliphatic hydroxyl groups excluding tert-OH is 1. The maximum atomic E-state index is 13.3. The molecule has 1 aromatic heterocycles. The van der Waals surface area contributed by atoms with Gasteiger partial charge in [0.05, 0.1) is 12.7 Å². The van der Waals surface area contributed by atoms with Crippen molar-refractivity contribution in [2.45, 2.75) is 26.6 Å². The van der Waals surface area contributed by atoms with Gasteiger partial charge in [-0.3, -0.25) is 0 Å². The summed E-state index contributed by atoms with van der Waals surface area (Å²) in [4.78, 5) is 3.72. The molecule has 1 aromatic rings. The van der Waals surface area contributed by atoms with Crippen LogP contribution in [0.5, 0.6) is 5.88 Å². The van der Waals surface area contributed by atoms with Crippen LogP contribution in [0.4, 0.5) is 4.39 Å². The summed E-state index contributed by atoms with van der Waals surface area (Å²) in [7, 11) is 0. The second-order valence-electron chi connectivity index (χ2n) is 2.91. The number of hydrogen-bond donors (Lipinski definition) is 1. The van der Waals surface area contributed by atoms with E-state index < -0.39 is 5.82 Å². The highest BCUT2D eigenvalue weighted by atomic mass is 19.1. The van der Waals surface area contributed by atoms with Crippen molar-refractivity contribution in [3.8, 4) is 5.88 Å². The Balaban J connectivity index is 2.94. The van der Waals surface area contributed by atoms with E-state index in [1.54, 1.807) is 13.8 Å². The van der Waals surface area contributed by atoms with Crippen molar-refractivity contribution in [1.29, 1.82) is 0 Å². The van der Waals surface area contributed by atoms with Gasteiger partial charge in [0.25, 0.3) is 5.88 Å². The molecule has 0 aromatic carbocycles. The quantitative estimate of drug-likeness (QED) is 0.775. The van der Waals surface area contributed by atoms with E-state index in [0.717, 1.165) is 0 Å². The van der Waals surface area contributed by atoms with Crippen LogP contribution in [0.15, 0.2) is 12.3 Å². The summed E-state index contributed by atoms with van der Waals surface area (Å²) in [5.41, 5.74) is 0.200. The number of rotatable bonds is 3. The first-order valence-electron chi connectivity index (χ1n) is 4.06. The number of ether oxygens (including phenoxy) is 1. The van der Waals surface area contributed by atoms with Crippen LogP contribution >= 0.6 is 0 Å². The highest BCUT2D eigenvalue weighted by Gasteiger charge is 2.10. The number of halogens is 1. The second kappa shape index (κ2) is 4.18. The lowest BCUT2D eigenvalue weighted by molar-refractivity contribution is 0.215. The number of aromatic nitrogens is 1. The lowest BCUT2D eigenvalue weighted by Gasteiger charge is -2.10. The third kappa shape index (κ3) is 2.39. The number of nitrogens with zero attached hydrogens (tertiary/aromatic N) is 1. The van der Waals surface area contributed by atoms with Gasteiger partial charge in [0.2, 0.25) is 0 Å². The van der Waals surface area contributed by atoms with Crippen molar-refractivity contribution < 1.29 is 14.2 Å². The van der Waals surface area contributed by atoms with Crippen LogP contribution in [0.25, 0.3) is 0 Å². The normalized spacial score (nSPS) is 10.5. The van der Waals surface area contributed by atoms with E-state index in [1.165, 1.54) is 12.3 Å². The van der Waals surface area contributed by atoms with Crippen LogP contribution in [0, 0.1) is 5.82 Å². The molecule has 3 nitrogen and oxygen atoms in total. The third-order valence-electron chi connectivity index (χ3n) is 1.45. The van der Waals surface area contributed by atoms with E-state index in [9.17, 15) is 4.39 Å². The molecule has 0 spiro atoms. The molecule has 0 amide bonds. The van der Waals surface area contributed by atoms with Crippen LogP contribution in [0.1, 0.15) is 19.4 Å².